The van der Waals surface area contributed by atoms with Gasteiger partial charge in [-0.05, 0) is 13.8 Å². The van der Waals surface area contributed by atoms with Crippen LogP contribution in [0, 0.1) is 0 Å². The molecule has 40 valence electrons. The van der Waals surface area contributed by atoms with Crippen molar-refractivity contribution in [1.29, 1.82) is 0 Å². The number of allylic oxidation sites excluding steroid dienone is 2. The third-order valence-corrected chi connectivity index (χ3v) is 0.743. The fraction of sp³-hybridized carbons (Fsp3) is 0.400. The van der Waals surface area contributed by atoms with Crippen molar-refractivity contribution in [2.75, 3.05) is 0 Å². The zero-order valence-electron chi connectivity index (χ0n) is 4.36. The van der Waals surface area contributed by atoms with Crippen LogP contribution in [0.2, 0.25) is 0 Å². The molecule has 1 nitrogen and oxygen atoms in total. The number of carbonyl (C=O) groups excluding carboxylic acids is 1. The van der Waals surface area contributed by atoms with Gasteiger partial charge >= 0.3 is 6.04 Å². The summed E-state index contributed by atoms with van der Waals surface area (Å²) in [4.78, 5) is 9.64. The summed E-state index contributed by atoms with van der Waals surface area (Å²) < 4.78 is 11.4. The lowest BCUT2D eigenvalue weighted by molar-refractivity contribution is -0.125. The molecule has 0 amide bonds. The Morgan fingerprint density at radius 2 is 2.14 bits per heavy atom. The molecule has 0 spiro atoms. The molecule has 0 saturated carbocycles. The van der Waals surface area contributed by atoms with Crippen LogP contribution in [0.15, 0.2) is 11.6 Å². The van der Waals surface area contributed by atoms with E-state index in [1.54, 1.807) is 6.92 Å². The second-order valence-corrected chi connectivity index (χ2v) is 1.25. The van der Waals surface area contributed by atoms with E-state index in [0.29, 0.717) is 0 Å². The van der Waals surface area contributed by atoms with E-state index in [9.17, 15) is 9.18 Å². The predicted octanol–water partition coefficient (Wildman–Crippen LogP) is 1.45. The molecule has 0 saturated heterocycles. The van der Waals surface area contributed by atoms with E-state index < -0.39 is 6.04 Å². The van der Waals surface area contributed by atoms with E-state index >= 15 is 0 Å². The number of hydrogen-bond donors (Lipinski definition) is 0. The highest BCUT2D eigenvalue weighted by Crippen LogP contribution is 1.92. The van der Waals surface area contributed by atoms with E-state index in [0.717, 1.165) is 0 Å². The van der Waals surface area contributed by atoms with Gasteiger partial charge in [0.2, 0.25) is 0 Å². The Labute approximate surface area is 41.8 Å². The molecule has 0 aliphatic rings. The van der Waals surface area contributed by atoms with Crippen LogP contribution < -0.4 is 0 Å². The summed E-state index contributed by atoms with van der Waals surface area (Å²) >= 11 is 0. The fourth-order valence-corrected chi connectivity index (χ4v) is 0.113. The highest BCUT2D eigenvalue weighted by molar-refractivity contribution is 5.86. The van der Waals surface area contributed by atoms with Gasteiger partial charge in [-0.25, -0.2) is 0 Å². The van der Waals surface area contributed by atoms with Crippen molar-refractivity contribution in [3.8, 4) is 0 Å². The summed E-state index contributed by atoms with van der Waals surface area (Å²) in [5.74, 6) is 0. The molecule has 0 atom stereocenters. The molecule has 0 aromatic rings. The minimum atomic E-state index is -1.34. The highest BCUT2D eigenvalue weighted by Gasteiger charge is 1.95. The molecule has 0 aromatic heterocycles. The maximum absolute atomic E-state index is 11.4. The molecular formula is C5H7FO. The fourth-order valence-electron chi connectivity index (χ4n) is 0.113. The summed E-state index contributed by atoms with van der Waals surface area (Å²) in [5, 5.41) is 0. The maximum atomic E-state index is 11.4. The van der Waals surface area contributed by atoms with Gasteiger partial charge in [0.15, 0.2) is 0 Å². The summed E-state index contributed by atoms with van der Waals surface area (Å²) in [6.45, 7) is 3.05. The maximum Gasteiger partial charge on any atom is 0.327 e. The summed E-state index contributed by atoms with van der Waals surface area (Å²) in [7, 11) is 0. The quantitative estimate of drug-likeness (QED) is 0.361. The van der Waals surface area contributed by atoms with Crippen LogP contribution in [0.5, 0.6) is 0 Å². The lowest BCUT2D eigenvalue weighted by atomic mass is 10.3. The van der Waals surface area contributed by atoms with Crippen molar-refractivity contribution in [3.05, 3.63) is 11.6 Å². The molecule has 0 fully saturated rings. The first-order chi connectivity index (χ1) is 3.18. The van der Waals surface area contributed by atoms with E-state index in [4.69, 9.17) is 0 Å². The van der Waals surface area contributed by atoms with Crippen LogP contribution in [0.4, 0.5) is 4.39 Å². The Bertz CT molecular complexity index is 105. The zero-order valence-corrected chi connectivity index (χ0v) is 4.36. The highest BCUT2D eigenvalue weighted by atomic mass is 19.1. The average molecular weight is 102 g/mol. The van der Waals surface area contributed by atoms with Crippen LogP contribution in [0.1, 0.15) is 13.8 Å². The Balaban J connectivity index is 3.82. The molecule has 2 heteroatoms. The van der Waals surface area contributed by atoms with Gasteiger partial charge in [0.05, 0.1) is 0 Å². The lowest BCUT2D eigenvalue weighted by Gasteiger charge is -1.80. The molecule has 0 aromatic carbocycles. The van der Waals surface area contributed by atoms with Crippen molar-refractivity contribution in [3.63, 3.8) is 0 Å². The Morgan fingerprint density at radius 1 is 1.71 bits per heavy atom. The van der Waals surface area contributed by atoms with Crippen LogP contribution >= 0.6 is 0 Å². The number of rotatable bonds is 1. The Kier molecular flexibility index (Phi) is 2.27. The number of carbonyl (C=O) groups is 1. The predicted molar refractivity (Wildman–Crippen MR) is 25.5 cm³/mol. The molecule has 0 bridgehead atoms. The summed E-state index contributed by atoms with van der Waals surface area (Å²) in [6, 6.07) is -1.34. The van der Waals surface area contributed by atoms with Gasteiger partial charge in [-0.1, -0.05) is 6.08 Å². The van der Waals surface area contributed by atoms with Crippen molar-refractivity contribution >= 4 is 6.04 Å². The Hall–Kier alpha value is -0.660. The smallest absolute Gasteiger partial charge is 0.256 e. The van der Waals surface area contributed by atoms with Gasteiger partial charge in [-0.2, -0.15) is 4.39 Å². The SMILES string of the molecule is CC=C(C)C(=O)F. The third-order valence-electron chi connectivity index (χ3n) is 0.743. The first-order valence-electron chi connectivity index (χ1n) is 2.01. The lowest BCUT2D eigenvalue weighted by Crippen LogP contribution is -1.86. The standard InChI is InChI=1S/C5H7FO/c1-3-4(2)5(6)7/h3H,1-2H3. The largest absolute Gasteiger partial charge is 0.327 e. The Morgan fingerprint density at radius 3 is 2.14 bits per heavy atom. The van der Waals surface area contributed by atoms with Crippen molar-refractivity contribution in [2.45, 2.75) is 13.8 Å². The molecular weight excluding hydrogens is 95.1 g/mol. The molecule has 0 N–H and O–H groups in total. The van der Waals surface area contributed by atoms with Gasteiger partial charge in [0.25, 0.3) is 0 Å². The third kappa shape index (κ3) is 2.09. The van der Waals surface area contributed by atoms with Crippen molar-refractivity contribution < 1.29 is 9.18 Å². The van der Waals surface area contributed by atoms with Crippen LogP contribution in [0.25, 0.3) is 0 Å². The van der Waals surface area contributed by atoms with Crippen molar-refractivity contribution in [2.24, 2.45) is 0 Å². The second-order valence-electron chi connectivity index (χ2n) is 1.25. The summed E-state index contributed by atoms with van der Waals surface area (Å²) in [6.07, 6.45) is 1.43. The first-order valence-corrected chi connectivity index (χ1v) is 2.01. The summed E-state index contributed by atoms with van der Waals surface area (Å²) in [5.41, 5.74) is 0.167. The first kappa shape index (κ1) is 6.34. The van der Waals surface area contributed by atoms with E-state index in [1.807, 2.05) is 0 Å². The van der Waals surface area contributed by atoms with Gasteiger partial charge < -0.3 is 0 Å². The minimum absolute atomic E-state index is 0.167. The average Bonchev–Trinajstić information content (AvgIpc) is 1.65. The van der Waals surface area contributed by atoms with Crippen LogP contribution in [0.3, 0.4) is 0 Å². The van der Waals surface area contributed by atoms with Gasteiger partial charge in [0.1, 0.15) is 0 Å². The second kappa shape index (κ2) is 2.50. The van der Waals surface area contributed by atoms with E-state index in [-0.39, 0.29) is 5.57 Å². The molecule has 0 radical (unpaired) electrons. The molecule has 0 aliphatic carbocycles. The van der Waals surface area contributed by atoms with Crippen LogP contribution in [-0.4, -0.2) is 6.04 Å². The minimum Gasteiger partial charge on any atom is -0.256 e. The number of halogens is 1. The van der Waals surface area contributed by atoms with Crippen molar-refractivity contribution in [1.82, 2.24) is 0 Å². The molecule has 0 heterocycles. The van der Waals surface area contributed by atoms with E-state index in [1.165, 1.54) is 13.0 Å². The molecule has 0 aliphatic heterocycles. The molecule has 7 heavy (non-hydrogen) atoms. The van der Waals surface area contributed by atoms with E-state index in [2.05, 4.69) is 0 Å². The molecule has 0 rings (SSSR count). The molecule has 0 unspecified atom stereocenters. The monoisotopic (exact) mass is 102 g/mol. The van der Waals surface area contributed by atoms with Gasteiger partial charge in [0, 0.05) is 5.57 Å². The normalized spacial score (nSPS) is 11.6. The van der Waals surface area contributed by atoms with Crippen LogP contribution in [-0.2, 0) is 4.79 Å². The van der Waals surface area contributed by atoms with Gasteiger partial charge in [-0.15, -0.1) is 0 Å². The topological polar surface area (TPSA) is 17.1 Å². The zero-order chi connectivity index (χ0) is 5.86. The number of hydrogen-bond acceptors (Lipinski definition) is 1. The van der Waals surface area contributed by atoms with Gasteiger partial charge in [-0.3, -0.25) is 4.79 Å².